The third-order valence-electron chi connectivity index (χ3n) is 31.1. The highest BCUT2D eigenvalue weighted by atomic mass is 16.5. The molecule has 0 bridgehead atoms. The second-order valence-electron chi connectivity index (χ2n) is 41.7. The molecule has 7 fully saturated rings. The van der Waals surface area contributed by atoms with Gasteiger partial charge in [-0.15, -0.1) is 32.1 Å². The van der Waals surface area contributed by atoms with E-state index in [1.54, 1.807) is 116 Å². The van der Waals surface area contributed by atoms with Crippen LogP contribution in [0.5, 0.6) is 0 Å². The van der Waals surface area contributed by atoms with Gasteiger partial charge in [-0.2, -0.15) is 0 Å². The van der Waals surface area contributed by atoms with Crippen LogP contribution in [0.3, 0.4) is 0 Å². The van der Waals surface area contributed by atoms with Crippen molar-refractivity contribution in [3.05, 3.63) is 198 Å². The molecule has 0 atom stereocenters. The lowest BCUT2D eigenvalue weighted by molar-refractivity contribution is -0.0134. The van der Waals surface area contributed by atoms with Gasteiger partial charge in [0.1, 0.15) is 27.8 Å². The van der Waals surface area contributed by atoms with Gasteiger partial charge in [-0.05, 0) is 269 Å². The maximum atomic E-state index is 13.0. The Bertz CT molecular complexity index is 7150. The molecule has 0 saturated carbocycles. The van der Waals surface area contributed by atoms with Crippen molar-refractivity contribution >= 4 is 112 Å². The number of anilines is 5. The Morgan fingerprint density at radius 3 is 0.860 bits per heavy atom. The molecule has 11 N–H and O–H groups in total. The fourth-order valence-electron chi connectivity index (χ4n) is 20.5. The Morgan fingerprint density at radius 1 is 0.367 bits per heavy atom. The molecule has 10 aromatic rings. The molecule has 0 unspecified atom stereocenters. The van der Waals surface area contributed by atoms with E-state index >= 15 is 0 Å². The van der Waals surface area contributed by atoms with E-state index in [-0.39, 0.29) is 90.9 Å². The van der Waals surface area contributed by atoms with E-state index < -0.39 is 0 Å². The lowest BCUT2D eigenvalue weighted by atomic mass is 9.92. The molecule has 34 heteroatoms. The third-order valence-corrected chi connectivity index (χ3v) is 31.1. The van der Waals surface area contributed by atoms with Crippen LogP contribution in [0.15, 0.2) is 115 Å². The van der Waals surface area contributed by atoms with Crippen LogP contribution >= 0.6 is 0 Å². The summed E-state index contributed by atoms with van der Waals surface area (Å²) in [5.74, 6) is 12.7. The number of hydrogen-bond acceptors (Lipinski definition) is 24. The summed E-state index contributed by atoms with van der Waals surface area (Å²) < 4.78 is 28.2. The van der Waals surface area contributed by atoms with Gasteiger partial charge in [-0.1, -0.05) is 29.6 Å². The number of methoxy groups -OCH3 is 5. The van der Waals surface area contributed by atoms with Gasteiger partial charge in [-0.3, -0.25) is 47.9 Å². The van der Waals surface area contributed by atoms with E-state index in [0.717, 1.165) is 218 Å². The minimum Gasteiger partial charge on any atom is -0.378 e. The summed E-state index contributed by atoms with van der Waals surface area (Å²) in [4.78, 5) is 159. The third kappa shape index (κ3) is 26.7. The van der Waals surface area contributed by atoms with E-state index in [1.165, 1.54) is 17.7 Å². The summed E-state index contributed by atoms with van der Waals surface area (Å²) in [6, 6.07) is 26.6. The number of rotatable bonds is 25. The number of fused-ring (bicyclic) bond motifs is 5. The van der Waals surface area contributed by atoms with Crippen LogP contribution in [0.25, 0.3) is 54.5 Å². The van der Waals surface area contributed by atoms with E-state index in [9.17, 15) is 47.9 Å². The summed E-state index contributed by atoms with van der Waals surface area (Å²) in [5, 5.41) is 15.8. The highest BCUT2D eigenvalue weighted by Gasteiger charge is 2.39. The van der Waals surface area contributed by atoms with Gasteiger partial charge in [-0.25, -0.2) is 0 Å². The minimum atomic E-state index is -0.301. The first-order valence-electron chi connectivity index (χ1n) is 51.7. The number of carbonyl (C=O) groups excluding carboxylic acids is 5. The SMILES string of the molecule is C#Cc1c(N2CCC(C)(OC)CC2)c2cc(C(=O)N(C)C)ccc2[nH]c1=O.C#Cc1c(N2CCC(C)(OC)CC2)c2cc(C(=O)NCC3CCN(C)CC3)ccc2[nH]c1=O.C#Cc1c(N2CCC(C)(OC)CC2)c2cc(C(=O)NCCN(C)C)ccc2[nH]c1=O.C#Cc1c(N2CCC(C)(OC)CC2)c2cc(C(=O)NCCN)ccc2[nH]c1=O.C#Cc1c(N2CCC(C)(OC)CC2)c2cc(C(=O)NCCN3CCCC3)ccc2[nH]c1=O. The summed E-state index contributed by atoms with van der Waals surface area (Å²) in [5.41, 5.74) is 14.3. The highest BCUT2D eigenvalue weighted by molar-refractivity contribution is 6.07. The van der Waals surface area contributed by atoms with E-state index in [4.69, 9.17) is 61.5 Å². The van der Waals surface area contributed by atoms with Crippen molar-refractivity contribution < 1.29 is 47.7 Å². The van der Waals surface area contributed by atoms with Gasteiger partial charge in [0.15, 0.2) is 0 Å². The maximum Gasteiger partial charge on any atom is 0.266 e. The molecule has 796 valence electrons. The average molecular weight is 2050 g/mol. The zero-order valence-corrected chi connectivity index (χ0v) is 89.6. The Kier molecular flexibility index (Phi) is 37.7. The van der Waals surface area contributed by atoms with E-state index in [1.807, 2.05) is 43.3 Å². The largest absolute Gasteiger partial charge is 0.378 e. The Hall–Kier alpha value is -14.1. The van der Waals surface area contributed by atoms with Gasteiger partial charge >= 0.3 is 0 Å². The standard InChI is InChI=1S/C26H34N4O3.C25H32N4O3.C23H30N4O3.C21H26N4O3.C21H25N3O3/c1-5-20-23(30-14-10-26(2,33-4)11-15-30)21-16-19(6-7-22(21)28-25(20)32)24(31)27-17-18-8-12-29(3)13-9-18;1-4-19-22(29-14-9-25(2,32-3)10-15-29)20-17-18(7-8-21(20)27-24(19)31)23(30)26-11-16-28-12-5-6-13-28;1-6-17-20(27-12-9-23(2,30-5)10-13-27)18-15-16(7-8-19(18)25-22(17)29)21(28)24-11-14-26(3)4;1-4-15-18(25-11-7-21(2,28-3)8-12-25)16-13-14(19(26)23-10-9-22)5-6-17(16)24-20(15)27;1-6-15-18(24-11-9-21(2,27-5)10-12-24)16-13-14(20(26)23(3)4)7-8-17(16)22-19(15)25/h1,6-7,16,18H,8-15,17H2,2-4H3,(H,27,31)(H,28,32);1,7-8,17H,5-6,9-16H2,2-3H3,(H,26,30)(H,27,31);1,7-8,15H,9-14H2,2-5H3,(H,24,28)(H,25,29);1,5-6,13H,7-12,22H2,2-3H3,(H,23,26)(H,24,27);1,7-8,13H,9-12H2,2-5H3,(H,22,25). The fourth-order valence-corrected chi connectivity index (χ4v) is 20.5. The molecule has 7 saturated heterocycles. The van der Waals surface area contributed by atoms with Crippen molar-refractivity contribution in [1.29, 1.82) is 0 Å². The quantitative estimate of drug-likeness (QED) is 0.0238. The number of nitrogens with one attached hydrogen (secondary N) is 9. The van der Waals surface area contributed by atoms with E-state index in [2.05, 4.69) is 152 Å². The Balaban J connectivity index is 0.000000157. The Labute approximate surface area is 878 Å². The van der Waals surface area contributed by atoms with Gasteiger partial charge in [0.05, 0.1) is 84.0 Å². The molecular weight excluding hydrogens is 1900 g/mol. The first-order valence-corrected chi connectivity index (χ1v) is 51.7. The molecule has 5 amide bonds. The van der Waals surface area contributed by atoms with Crippen molar-refractivity contribution in [3.63, 3.8) is 0 Å². The lowest BCUT2D eigenvalue weighted by Crippen LogP contribution is -2.44. The van der Waals surface area contributed by atoms with Crippen molar-refractivity contribution in [2.75, 3.05) is 233 Å². The van der Waals surface area contributed by atoms with Crippen LogP contribution in [0.4, 0.5) is 28.4 Å². The number of carbonyl (C=O) groups is 5. The lowest BCUT2D eigenvalue weighted by Gasteiger charge is -2.40. The number of benzene rings is 5. The van der Waals surface area contributed by atoms with Gasteiger partial charge < -0.3 is 120 Å². The van der Waals surface area contributed by atoms with Crippen LogP contribution in [0, 0.1) is 67.6 Å². The molecule has 34 nitrogen and oxygen atoms in total. The number of aromatic nitrogens is 5. The van der Waals surface area contributed by atoms with Crippen LogP contribution in [0.1, 0.15) is 204 Å². The van der Waals surface area contributed by atoms with Crippen LogP contribution in [0.2, 0.25) is 0 Å². The number of likely N-dealkylation sites (tertiary alicyclic amines) is 2. The summed E-state index contributed by atoms with van der Waals surface area (Å²) in [6.45, 7) is 26.3. The predicted molar refractivity (Wildman–Crippen MR) is 598 cm³/mol. The number of pyridine rings is 5. The number of nitrogens with zero attached hydrogens (tertiary/aromatic N) is 9. The predicted octanol–water partition coefficient (Wildman–Crippen LogP) is 10.2. The summed E-state index contributed by atoms with van der Waals surface area (Å²) >= 11 is 0. The number of likely N-dealkylation sites (N-methyl/N-ethyl adjacent to an activating group) is 1. The second kappa shape index (κ2) is 50.0. The van der Waals surface area contributed by atoms with Gasteiger partial charge in [0.2, 0.25) is 0 Å². The first kappa shape index (κ1) is 113. The van der Waals surface area contributed by atoms with Crippen LogP contribution in [-0.2, 0) is 23.7 Å². The minimum absolute atomic E-state index is 0.0955. The smallest absolute Gasteiger partial charge is 0.266 e. The maximum absolute atomic E-state index is 13.0. The molecule has 12 heterocycles. The van der Waals surface area contributed by atoms with Crippen molar-refractivity contribution in [2.45, 2.75) is 153 Å². The van der Waals surface area contributed by atoms with Gasteiger partial charge in [0, 0.05) is 216 Å². The zero-order chi connectivity index (χ0) is 108. The number of aromatic amines is 5. The molecule has 150 heavy (non-hydrogen) atoms. The van der Waals surface area contributed by atoms with Crippen LogP contribution < -0.4 is 79.3 Å². The molecule has 0 spiro atoms. The Morgan fingerprint density at radius 2 is 0.613 bits per heavy atom. The number of nitrogens with two attached hydrogens (primary N) is 1. The number of H-pyrrole nitrogens is 5. The zero-order valence-electron chi connectivity index (χ0n) is 89.6. The fraction of sp³-hybridized carbons (Fsp3) is 0.483. The molecule has 0 radical (unpaired) electrons. The molecule has 7 aliphatic rings. The normalized spacial score (nSPS) is 17.3. The molecule has 17 rings (SSSR count). The molecule has 5 aromatic carbocycles. The topological polar surface area (TPSA) is 399 Å². The van der Waals surface area contributed by atoms with Crippen molar-refractivity contribution in [3.8, 4) is 61.7 Å². The average Bonchev–Trinajstić information content (AvgIpc) is 0.798. The monoisotopic (exact) mass is 2050 g/mol. The second-order valence-corrected chi connectivity index (χ2v) is 41.7. The summed E-state index contributed by atoms with van der Waals surface area (Å²) in [6.07, 6.45) is 41.5. The first-order chi connectivity index (χ1) is 71.8. The summed E-state index contributed by atoms with van der Waals surface area (Å²) in [7, 11) is 18.1. The van der Waals surface area contributed by atoms with Crippen molar-refractivity contribution in [1.82, 2.24) is 65.8 Å². The number of hydrogen-bond donors (Lipinski definition) is 10. The van der Waals surface area contributed by atoms with E-state index in [0.29, 0.717) is 135 Å². The van der Waals surface area contributed by atoms with Crippen molar-refractivity contribution in [2.24, 2.45) is 11.7 Å². The number of amides is 5. The molecule has 5 aromatic heterocycles. The number of terminal acetylenes is 5. The number of ether oxygens (including phenoxy) is 5. The molecule has 7 aliphatic heterocycles. The van der Waals surface area contributed by atoms with Crippen LogP contribution in [-0.4, -0.2) is 310 Å². The highest BCUT2D eigenvalue weighted by Crippen LogP contribution is 2.42. The molecule has 0 aliphatic carbocycles. The number of piperidine rings is 6. The molecular formula is C116H147N19O15. The van der Waals surface area contributed by atoms with Gasteiger partial charge in [0.25, 0.3) is 57.3 Å².